The van der Waals surface area contributed by atoms with Crippen LogP contribution in [0.5, 0.6) is 11.5 Å². The van der Waals surface area contributed by atoms with Gasteiger partial charge in [-0.15, -0.1) is 12.4 Å². The van der Waals surface area contributed by atoms with Gasteiger partial charge in [-0.05, 0) is 42.7 Å². The lowest BCUT2D eigenvalue weighted by Crippen LogP contribution is -2.64. The molecule has 1 saturated heterocycles. The molecule has 2 aromatic rings. The fourth-order valence-electron chi connectivity index (χ4n) is 3.59. The maximum absolute atomic E-state index is 11.4. The van der Waals surface area contributed by atoms with Gasteiger partial charge in [-0.3, -0.25) is 4.90 Å². The van der Waals surface area contributed by atoms with Crippen LogP contribution in [0.15, 0.2) is 54.6 Å². The summed E-state index contributed by atoms with van der Waals surface area (Å²) in [5, 5.41) is 31.7. The lowest BCUT2D eigenvalue weighted by molar-refractivity contribution is -0.192. The molecule has 2 aromatic carbocycles. The van der Waals surface area contributed by atoms with E-state index in [0.29, 0.717) is 25.1 Å². The number of likely N-dealkylation sites (tertiary alicyclic amines) is 1. The Morgan fingerprint density at radius 1 is 1.11 bits per heavy atom. The van der Waals surface area contributed by atoms with Gasteiger partial charge in [0.2, 0.25) is 0 Å². The van der Waals surface area contributed by atoms with Gasteiger partial charge in [0, 0.05) is 19.5 Å². The summed E-state index contributed by atoms with van der Waals surface area (Å²) in [5.74, 6) is 0.658. The third-order valence-corrected chi connectivity index (χ3v) is 4.97. The SMILES string of the molecule is CCCN1CCC(O)(Cc2ccccc2)C(Oc2ccc(O)cc2)C1O.Cl. The Hall–Kier alpha value is -1.79. The summed E-state index contributed by atoms with van der Waals surface area (Å²) in [6.45, 7) is 3.43. The van der Waals surface area contributed by atoms with Gasteiger partial charge in [0.15, 0.2) is 6.10 Å². The van der Waals surface area contributed by atoms with E-state index in [1.165, 1.54) is 12.1 Å². The third kappa shape index (κ3) is 5.14. The number of benzene rings is 2. The predicted octanol–water partition coefficient (Wildman–Crippen LogP) is 2.97. The second kappa shape index (κ2) is 9.42. The number of piperidine rings is 1. The Kier molecular flexibility index (Phi) is 7.50. The summed E-state index contributed by atoms with van der Waals surface area (Å²) >= 11 is 0. The van der Waals surface area contributed by atoms with Gasteiger partial charge in [-0.2, -0.15) is 0 Å². The Morgan fingerprint density at radius 3 is 2.41 bits per heavy atom. The summed E-state index contributed by atoms with van der Waals surface area (Å²) in [5.41, 5.74) is -0.173. The van der Waals surface area contributed by atoms with Gasteiger partial charge in [-0.25, -0.2) is 0 Å². The predicted molar refractivity (Wildman–Crippen MR) is 107 cm³/mol. The molecule has 3 atom stereocenters. The summed E-state index contributed by atoms with van der Waals surface area (Å²) in [6.07, 6.45) is 0.161. The maximum atomic E-state index is 11.4. The second-order valence-electron chi connectivity index (χ2n) is 7.00. The van der Waals surface area contributed by atoms with E-state index in [0.717, 1.165) is 18.5 Å². The van der Waals surface area contributed by atoms with Crippen LogP contribution < -0.4 is 4.74 Å². The maximum Gasteiger partial charge on any atom is 0.167 e. The minimum Gasteiger partial charge on any atom is -0.508 e. The van der Waals surface area contributed by atoms with Gasteiger partial charge in [-0.1, -0.05) is 37.3 Å². The molecule has 0 saturated carbocycles. The molecule has 5 nitrogen and oxygen atoms in total. The Balaban J connectivity index is 0.00000261. The first-order valence-electron chi connectivity index (χ1n) is 9.16. The summed E-state index contributed by atoms with van der Waals surface area (Å²) < 4.78 is 6.03. The number of aliphatic hydroxyl groups excluding tert-OH is 1. The number of nitrogens with zero attached hydrogens (tertiary/aromatic N) is 1. The largest absolute Gasteiger partial charge is 0.508 e. The molecule has 1 aliphatic heterocycles. The number of hydrogen-bond acceptors (Lipinski definition) is 5. The van der Waals surface area contributed by atoms with Crippen molar-refractivity contribution >= 4 is 12.4 Å². The van der Waals surface area contributed by atoms with E-state index in [4.69, 9.17) is 4.74 Å². The minimum atomic E-state index is -1.18. The molecule has 6 heteroatoms. The third-order valence-electron chi connectivity index (χ3n) is 4.97. The standard InChI is InChI=1S/C21H27NO4.ClH/c1-2-13-22-14-12-21(25,15-16-6-4-3-5-7-16)19(20(22)24)26-18-10-8-17(23)9-11-18;/h3-11,19-20,23-25H,2,12-15H2,1H3;1H. The van der Waals surface area contributed by atoms with Crippen molar-refractivity contribution in [3.63, 3.8) is 0 Å². The van der Waals surface area contributed by atoms with Crippen LogP contribution in [-0.4, -0.2) is 51.2 Å². The molecule has 3 rings (SSSR count). The van der Waals surface area contributed by atoms with Crippen LogP contribution in [0.25, 0.3) is 0 Å². The minimum absolute atomic E-state index is 0. The van der Waals surface area contributed by atoms with Crippen LogP contribution in [0.3, 0.4) is 0 Å². The van der Waals surface area contributed by atoms with Crippen LogP contribution in [-0.2, 0) is 6.42 Å². The van der Waals surface area contributed by atoms with Gasteiger partial charge >= 0.3 is 0 Å². The van der Waals surface area contributed by atoms with Gasteiger partial charge in [0.05, 0.1) is 0 Å². The fraction of sp³-hybridized carbons (Fsp3) is 0.429. The molecule has 0 amide bonds. The van der Waals surface area contributed by atoms with Crippen molar-refractivity contribution < 1.29 is 20.1 Å². The highest BCUT2D eigenvalue weighted by Crippen LogP contribution is 2.33. The molecule has 0 bridgehead atoms. The zero-order valence-corrected chi connectivity index (χ0v) is 16.3. The van der Waals surface area contributed by atoms with Crippen molar-refractivity contribution in [2.45, 2.75) is 44.1 Å². The smallest absolute Gasteiger partial charge is 0.167 e. The van der Waals surface area contributed by atoms with Crippen LogP contribution in [0.1, 0.15) is 25.3 Å². The first-order chi connectivity index (χ1) is 12.5. The number of rotatable bonds is 6. The van der Waals surface area contributed by atoms with E-state index < -0.39 is 17.9 Å². The number of halogens is 1. The average Bonchev–Trinajstić information content (AvgIpc) is 2.64. The van der Waals surface area contributed by atoms with Crippen LogP contribution in [0.4, 0.5) is 0 Å². The number of hydrogen-bond donors (Lipinski definition) is 3. The van der Waals surface area contributed by atoms with Gasteiger partial charge < -0.3 is 20.1 Å². The molecular weight excluding hydrogens is 366 g/mol. The van der Waals surface area contributed by atoms with Gasteiger partial charge in [0.25, 0.3) is 0 Å². The molecule has 1 aliphatic rings. The number of phenols is 1. The van der Waals surface area contributed by atoms with Crippen molar-refractivity contribution in [2.75, 3.05) is 13.1 Å². The van der Waals surface area contributed by atoms with Crippen LogP contribution in [0, 0.1) is 0 Å². The second-order valence-corrected chi connectivity index (χ2v) is 7.00. The molecule has 0 aromatic heterocycles. The molecule has 27 heavy (non-hydrogen) atoms. The van der Waals surface area contributed by atoms with Crippen molar-refractivity contribution in [1.82, 2.24) is 4.90 Å². The molecule has 3 N–H and O–H groups in total. The van der Waals surface area contributed by atoms with Gasteiger partial charge in [0.1, 0.15) is 23.3 Å². The fourth-order valence-corrected chi connectivity index (χ4v) is 3.59. The molecule has 1 fully saturated rings. The summed E-state index contributed by atoms with van der Waals surface area (Å²) in [7, 11) is 0. The highest BCUT2D eigenvalue weighted by atomic mass is 35.5. The Morgan fingerprint density at radius 2 is 1.78 bits per heavy atom. The van der Waals surface area contributed by atoms with E-state index in [9.17, 15) is 15.3 Å². The lowest BCUT2D eigenvalue weighted by atomic mass is 9.81. The Bertz CT molecular complexity index is 697. The highest BCUT2D eigenvalue weighted by molar-refractivity contribution is 5.85. The van der Waals surface area contributed by atoms with Crippen molar-refractivity contribution in [1.29, 1.82) is 0 Å². The molecule has 3 unspecified atom stereocenters. The van der Waals surface area contributed by atoms with E-state index in [-0.39, 0.29) is 18.2 Å². The molecule has 0 spiro atoms. The van der Waals surface area contributed by atoms with Crippen LogP contribution >= 0.6 is 12.4 Å². The first-order valence-corrected chi connectivity index (χ1v) is 9.16. The quantitative estimate of drug-likeness (QED) is 0.703. The number of phenolic OH excluding ortho intramolecular Hbond substituents is 1. The molecule has 148 valence electrons. The molecular formula is C21H28ClNO4. The van der Waals surface area contributed by atoms with Crippen LogP contribution in [0.2, 0.25) is 0 Å². The highest BCUT2D eigenvalue weighted by Gasteiger charge is 2.48. The van der Waals surface area contributed by atoms with E-state index in [2.05, 4.69) is 6.92 Å². The average molecular weight is 394 g/mol. The molecule has 0 radical (unpaired) electrons. The van der Waals surface area contributed by atoms with E-state index in [1.807, 2.05) is 35.2 Å². The number of aliphatic hydroxyl groups is 2. The van der Waals surface area contributed by atoms with Crippen molar-refractivity contribution in [3.05, 3.63) is 60.2 Å². The van der Waals surface area contributed by atoms with E-state index >= 15 is 0 Å². The summed E-state index contributed by atoms with van der Waals surface area (Å²) in [4.78, 5) is 1.95. The Labute approximate surface area is 166 Å². The lowest BCUT2D eigenvalue weighted by Gasteiger charge is -2.47. The number of aromatic hydroxyl groups is 1. The normalized spacial score (nSPS) is 25.6. The summed E-state index contributed by atoms with van der Waals surface area (Å²) in [6, 6.07) is 16.1. The van der Waals surface area contributed by atoms with Crippen molar-refractivity contribution in [3.8, 4) is 11.5 Å². The topological polar surface area (TPSA) is 73.2 Å². The zero-order valence-electron chi connectivity index (χ0n) is 15.5. The number of ether oxygens (including phenoxy) is 1. The first kappa shape index (κ1) is 21.5. The molecule has 1 heterocycles. The monoisotopic (exact) mass is 393 g/mol. The molecule has 0 aliphatic carbocycles. The van der Waals surface area contributed by atoms with Crippen molar-refractivity contribution in [2.24, 2.45) is 0 Å². The zero-order chi connectivity index (χ0) is 18.6. The van der Waals surface area contributed by atoms with E-state index in [1.54, 1.807) is 12.1 Å².